The summed E-state index contributed by atoms with van der Waals surface area (Å²) >= 11 is 0. The molecule has 3 aromatic heterocycles. The Kier molecular flexibility index (Phi) is 7.83. The number of nitrogens with zero attached hydrogens (tertiary/aromatic N) is 4. The third-order valence-corrected chi connectivity index (χ3v) is 7.01. The number of hydrogen-bond acceptors (Lipinski definition) is 4. The lowest BCUT2D eigenvalue weighted by Gasteiger charge is -2.22. The molecule has 41 heavy (non-hydrogen) atoms. The summed E-state index contributed by atoms with van der Waals surface area (Å²) < 4.78 is 84.0. The van der Waals surface area contributed by atoms with Gasteiger partial charge in [-0.05, 0) is 68.9 Å². The molecule has 0 fully saturated rings. The molecule has 0 bridgehead atoms. The van der Waals surface area contributed by atoms with E-state index in [0.29, 0.717) is 41.8 Å². The maximum atomic E-state index is 14.0. The lowest BCUT2D eigenvalue weighted by Crippen LogP contribution is -2.34. The summed E-state index contributed by atoms with van der Waals surface area (Å²) in [5.74, 6) is -2.94. The largest absolute Gasteiger partial charge is 0.435 e. The van der Waals surface area contributed by atoms with Gasteiger partial charge in [-0.25, -0.2) is 13.8 Å². The number of hydrogen-bond donors (Lipinski definition) is 1. The van der Waals surface area contributed by atoms with Crippen LogP contribution in [0.5, 0.6) is 0 Å². The quantitative estimate of drug-likeness (QED) is 0.215. The molecular formula is C29H25F6N5O. The molecule has 12 heteroatoms. The van der Waals surface area contributed by atoms with Crippen molar-refractivity contribution in [3.05, 3.63) is 100 Å². The first-order valence-electron chi connectivity index (χ1n) is 13.0. The van der Waals surface area contributed by atoms with Crippen LogP contribution in [0.15, 0.2) is 48.8 Å². The Morgan fingerprint density at radius 2 is 1.78 bits per heavy atom. The topological polar surface area (TPSA) is 72.7 Å². The van der Waals surface area contributed by atoms with E-state index in [1.165, 1.54) is 19.3 Å². The van der Waals surface area contributed by atoms with Crippen LogP contribution >= 0.6 is 0 Å². The predicted octanol–water partition coefficient (Wildman–Crippen LogP) is 6.06. The number of alkyl halides is 3. The van der Waals surface area contributed by atoms with Gasteiger partial charge in [-0.15, -0.1) is 0 Å². The predicted molar refractivity (Wildman–Crippen MR) is 137 cm³/mol. The van der Waals surface area contributed by atoms with E-state index in [0.717, 1.165) is 22.9 Å². The van der Waals surface area contributed by atoms with Gasteiger partial charge in [-0.3, -0.25) is 14.5 Å². The van der Waals surface area contributed by atoms with E-state index in [-0.39, 0.29) is 29.5 Å². The first-order chi connectivity index (χ1) is 19.5. The highest BCUT2D eigenvalue weighted by atomic mass is 19.4. The Balaban J connectivity index is 1.50. The summed E-state index contributed by atoms with van der Waals surface area (Å²) in [4.78, 5) is 21.5. The Labute approximate surface area is 231 Å². The molecule has 4 aromatic rings. The van der Waals surface area contributed by atoms with Crippen molar-refractivity contribution in [2.45, 2.75) is 57.8 Å². The number of pyridine rings is 2. The minimum atomic E-state index is -4.66. The SMILES string of the molecule is Cc1cc(-c2cccnc2[C@H](Cc2cc(F)cc(F)c2)NC(=O)Cn2nc(C(F)(F)F)c3c2CCCC3)cnc1F. The Bertz CT molecular complexity index is 1580. The zero-order valence-electron chi connectivity index (χ0n) is 21.9. The van der Waals surface area contributed by atoms with Crippen LogP contribution in [-0.2, 0) is 36.8 Å². The Hall–Kier alpha value is -4.22. The standard InChI is InChI=1S/C29H25F6N5O/c1-16-9-18(14-37-28(16)32)21-6-4-8-36-26(21)23(12-17-10-19(30)13-20(31)11-17)38-25(41)15-40-24-7-3-2-5-22(24)27(39-40)29(33,34)35/h4,6,8-11,13-14,23H,2-3,5,7,12,15H2,1H3,(H,38,41)/t23-/m0/s1. The van der Waals surface area contributed by atoms with Gasteiger partial charge in [-0.1, -0.05) is 6.07 Å². The van der Waals surface area contributed by atoms with Gasteiger partial charge in [0.2, 0.25) is 11.9 Å². The van der Waals surface area contributed by atoms with Crippen molar-refractivity contribution in [1.82, 2.24) is 25.1 Å². The molecule has 5 rings (SSSR count). The fourth-order valence-corrected chi connectivity index (χ4v) is 5.23. The molecule has 1 atom stereocenters. The first-order valence-corrected chi connectivity index (χ1v) is 13.0. The third-order valence-electron chi connectivity index (χ3n) is 7.01. The highest BCUT2D eigenvalue weighted by Crippen LogP contribution is 2.36. The van der Waals surface area contributed by atoms with Crippen LogP contribution in [0.2, 0.25) is 0 Å². The average molecular weight is 574 g/mol. The van der Waals surface area contributed by atoms with Gasteiger partial charge in [0.1, 0.15) is 18.2 Å². The molecule has 1 amide bonds. The minimum absolute atomic E-state index is 0.0942. The molecule has 0 radical (unpaired) electrons. The molecular weight excluding hydrogens is 548 g/mol. The van der Waals surface area contributed by atoms with Crippen molar-refractivity contribution in [3.63, 3.8) is 0 Å². The first kappa shape index (κ1) is 28.3. The number of aromatic nitrogens is 4. The van der Waals surface area contributed by atoms with Gasteiger partial charge in [0.25, 0.3) is 0 Å². The normalized spacial score (nSPS) is 14.0. The molecule has 214 valence electrons. The zero-order chi connectivity index (χ0) is 29.3. The molecule has 1 aliphatic carbocycles. The van der Waals surface area contributed by atoms with Gasteiger partial charge in [0, 0.05) is 46.4 Å². The second-order valence-corrected chi connectivity index (χ2v) is 10.0. The van der Waals surface area contributed by atoms with E-state index < -0.39 is 47.9 Å². The molecule has 6 nitrogen and oxygen atoms in total. The maximum Gasteiger partial charge on any atom is 0.435 e. The van der Waals surface area contributed by atoms with Gasteiger partial charge in [0.05, 0.1) is 11.7 Å². The number of halogens is 6. The smallest absolute Gasteiger partial charge is 0.346 e. The lowest BCUT2D eigenvalue weighted by atomic mass is 9.95. The van der Waals surface area contributed by atoms with Crippen molar-refractivity contribution < 1.29 is 31.1 Å². The fourth-order valence-electron chi connectivity index (χ4n) is 5.23. The molecule has 0 saturated heterocycles. The van der Waals surface area contributed by atoms with Crippen LogP contribution in [0.25, 0.3) is 11.1 Å². The number of rotatable bonds is 7. The van der Waals surface area contributed by atoms with Crippen LogP contribution in [-0.4, -0.2) is 25.7 Å². The van der Waals surface area contributed by atoms with E-state index in [2.05, 4.69) is 20.4 Å². The van der Waals surface area contributed by atoms with Crippen LogP contribution < -0.4 is 5.32 Å². The summed E-state index contributed by atoms with van der Waals surface area (Å²) in [6.45, 7) is 1.04. The summed E-state index contributed by atoms with van der Waals surface area (Å²) in [7, 11) is 0. The van der Waals surface area contributed by atoms with Crippen LogP contribution in [0, 0.1) is 24.5 Å². The highest BCUT2D eigenvalue weighted by Gasteiger charge is 2.39. The Morgan fingerprint density at radius 3 is 2.49 bits per heavy atom. The maximum absolute atomic E-state index is 14.0. The second kappa shape index (κ2) is 11.3. The van der Waals surface area contributed by atoms with Crippen molar-refractivity contribution in [3.8, 4) is 11.1 Å². The van der Waals surface area contributed by atoms with E-state index in [1.54, 1.807) is 18.2 Å². The average Bonchev–Trinajstić information content (AvgIpc) is 3.28. The number of fused-ring (bicyclic) bond motifs is 1. The van der Waals surface area contributed by atoms with Gasteiger partial charge < -0.3 is 5.32 Å². The van der Waals surface area contributed by atoms with Gasteiger partial charge in [-0.2, -0.15) is 22.7 Å². The molecule has 1 N–H and O–H groups in total. The van der Waals surface area contributed by atoms with E-state index in [9.17, 15) is 31.1 Å². The van der Waals surface area contributed by atoms with Crippen molar-refractivity contribution in [1.29, 1.82) is 0 Å². The number of carbonyl (C=O) groups is 1. The molecule has 0 spiro atoms. The molecule has 3 heterocycles. The number of benzene rings is 1. The molecule has 0 saturated carbocycles. The number of amides is 1. The molecule has 0 unspecified atom stereocenters. The summed E-state index contributed by atoms with van der Waals surface area (Å²) in [5, 5.41) is 6.52. The van der Waals surface area contributed by atoms with Gasteiger partial charge in [0.15, 0.2) is 5.69 Å². The zero-order valence-corrected chi connectivity index (χ0v) is 21.9. The summed E-state index contributed by atoms with van der Waals surface area (Å²) in [6, 6.07) is 6.86. The number of aryl methyl sites for hydroxylation is 1. The van der Waals surface area contributed by atoms with Crippen molar-refractivity contribution >= 4 is 5.91 Å². The van der Waals surface area contributed by atoms with E-state index >= 15 is 0 Å². The molecule has 1 aliphatic rings. The van der Waals surface area contributed by atoms with Gasteiger partial charge >= 0.3 is 6.18 Å². The minimum Gasteiger partial charge on any atom is -0.346 e. The summed E-state index contributed by atoms with van der Waals surface area (Å²) in [5.41, 5.74) is 1.26. The fraction of sp³-hybridized carbons (Fsp3) is 0.310. The second-order valence-electron chi connectivity index (χ2n) is 10.0. The van der Waals surface area contributed by atoms with Crippen molar-refractivity contribution in [2.75, 3.05) is 0 Å². The molecule has 0 aliphatic heterocycles. The third kappa shape index (κ3) is 6.26. The molecule has 1 aromatic carbocycles. The van der Waals surface area contributed by atoms with E-state index in [1.807, 2.05) is 0 Å². The number of carbonyl (C=O) groups excluding carboxylic acids is 1. The number of nitrogens with one attached hydrogen (secondary N) is 1. The lowest BCUT2D eigenvalue weighted by molar-refractivity contribution is -0.142. The van der Waals surface area contributed by atoms with Crippen LogP contribution in [0.3, 0.4) is 0 Å². The van der Waals surface area contributed by atoms with E-state index in [4.69, 9.17) is 0 Å². The highest BCUT2D eigenvalue weighted by molar-refractivity contribution is 5.77. The van der Waals surface area contributed by atoms with Crippen LogP contribution in [0.1, 0.15) is 52.7 Å². The summed E-state index contributed by atoms with van der Waals surface area (Å²) in [6.07, 6.45) is -0.124. The monoisotopic (exact) mass is 573 g/mol. The Morgan fingerprint density at radius 1 is 1.05 bits per heavy atom. The van der Waals surface area contributed by atoms with Crippen molar-refractivity contribution in [2.24, 2.45) is 0 Å². The van der Waals surface area contributed by atoms with Crippen LogP contribution in [0.4, 0.5) is 26.3 Å².